The van der Waals surface area contributed by atoms with Crippen molar-refractivity contribution in [1.29, 1.82) is 0 Å². The molecule has 6 heteroatoms. The Kier molecular flexibility index (Phi) is 6.07. The van der Waals surface area contributed by atoms with Gasteiger partial charge in [-0.2, -0.15) is 0 Å². The molecule has 1 rings (SSSR count). The number of anilines is 1. The van der Waals surface area contributed by atoms with E-state index < -0.39 is 0 Å². The summed E-state index contributed by atoms with van der Waals surface area (Å²) in [5, 5.41) is 5.90. The molecule has 0 saturated heterocycles. The Morgan fingerprint density at radius 3 is 2.89 bits per heavy atom. The fraction of sp³-hybridized carbons (Fsp3) is 0.583. The molecule has 1 amide bonds. The van der Waals surface area contributed by atoms with E-state index in [9.17, 15) is 4.79 Å². The van der Waals surface area contributed by atoms with Crippen LogP contribution in [0.1, 0.15) is 30.8 Å². The Hall–Kier alpha value is -1.69. The quantitative estimate of drug-likeness (QED) is 0.710. The van der Waals surface area contributed by atoms with Crippen molar-refractivity contribution in [2.45, 2.75) is 26.3 Å². The van der Waals surface area contributed by atoms with Crippen LogP contribution in [-0.2, 0) is 4.74 Å². The minimum absolute atomic E-state index is 0.0885. The molecule has 0 atom stereocenters. The number of hydrogen-bond acceptors (Lipinski definition) is 5. The third-order valence-corrected chi connectivity index (χ3v) is 2.15. The number of aromatic nitrogens is 2. The van der Waals surface area contributed by atoms with Gasteiger partial charge in [0.1, 0.15) is 17.8 Å². The van der Waals surface area contributed by atoms with Crippen molar-refractivity contribution in [1.82, 2.24) is 15.3 Å². The number of carbonyl (C=O) groups is 1. The second-order valence-corrected chi connectivity index (χ2v) is 4.19. The fourth-order valence-corrected chi connectivity index (χ4v) is 1.35. The molecule has 0 aliphatic heterocycles. The number of hydrogen-bond donors (Lipinski definition) is 2. The number of nitrogens with zero attached hydrogens (tertiary/aromatic N) is 2. The molecule has 1 aromatic heterocycles. The standard InChI is InChI=1S/C12H20N4O2/c1-9(2)16-12(17)10-7-11(15-8-14-10)13-5-4-6-18-3/h7-9H,4-6H2,1-3H3,(H,16,17)(H,13,14,15). The van der Waals surface area contributed by atoms with Crippen LogP contribution in [0.5, 0.6) is 0 Å². The van der Waals surface area contributed by atoms with Crippen molar-refractivity contribution >= 4 is 11.7 Å². The summed E-state index contributed by atoms with van der Waals surface area (Å²) in [6.45, 7) is 5.25. The van der Waals surface area contributed by atoms with E-state index in [1.807, 2.05) is 13.8 Å². The van der Waals surface area contributed by atoms with Gasteiger partial charge in [-0.25, -0.2) is 9.97 Å². The third kappa shape index (κ3) is 5.09. The molecule has 0 bridgehead atoms. The van der Waals surface area contributed by atoms with Gasteiger partial charge in [0.2, 0.25) is 0 Å². The van der Waals surface area contributed by atoms with E-state index in [1.165, 1.54) is 6.33 Å². The lowest BCUT2D eigenvalue weighted by Gasteiger charge is -2.09. The predicted molar refractivity (Wildman–Crippen MR) is 69.6 cm³/mol. The molecule has 1 heterocycles. The van der Waals surface area contributed by atoms with Gasteiger partial charge in [-0.15, -0.1) is 0 Å². The molecule has 100 valence electrons. The molecule has 18 heavy (non-hydrogen) atoms. The summed E-state index contributed by atoms with van der Waals surface area (Å²) >= 11 is 0. The van der Waals surface area contributed by atoms with Crippen LogP contribution in [0, 0.1) is 0 Å². The first kappa shape index (κ1) is 14.4. The molecule has 0 saturated carbocycles. The average Bonchev–Trinajstić information content (AvgIpc) is 2.34. The number of amides is 1. The van der Waals surface area contributed by atoms with E-state index in [-0.39, 0.29) is 11.9 Å². The number of rotatable bonds is 7. The Balaban J connectivity index is 2.53. The van der Waals surface area contributed by atoms with Gasteiger partial charge in [-0.05, 0) is 20.3 Å². The summed E-state index contributed by atoms with van der Waals surface area (Å²) in [6, 6.07) is 1.73. The van der Waals surface area contributed by atoms with Crippen LogP contribution >= 0.6 is 0 Å². The van der Waals surface area contributed by atoms with Gasteiger partial charge in [-0.3, -0.25) is 4.79 Å². The van der Waals surface area contributed by atoms with Gasteiger partial charge in [0.25, 0.3) is 5.91 Å². The largest absolute Gasteiger partial charge is 0.385 e. The van der Waals surface area contributed by atoms with E-state index in [0.29, 0.717) is 18.1 Å². The van der Waals surface area contributed by atoms with E-state index in [4.69, 9.17) is 4.74 Å². The first-order chi connectivity index (χ1) is 8.63. The van der Waals surface area contributed by atoms with Crippen molar-refractivity contribution in [3.63, 3.8) is 0 Å². The molecule has 6 nitrogen and oxygen atoms in total. The van der Waals surface area contributed by atoms with Crippen LogP contribution in [0.4, 0.5) is 5.82 Å². The highest BCUT2D eigenvalue weighted by molar-refractivity contribution is 5.92. The number of ether oxygens (including phenoxy) is 1. The van der Waals surface area contributed by atoms with Crippen molar-refractivity contribution in [2.24, 2.45) is 0 Å². The summed E-state index contributed by atoms with van der Waals surface area (Å²) in [4.78, 5) is 19.7. The summed E-state index contributed by atoms with van der Waals surface area (Å²) in [5.74, 6) is 0.461. The van der Waals surface area contributed by atoms with Gasteiger partial charge in [-0.1, -0.05) is 0 Å². The molecule has 0 aromatic carbocycles. The van der Waals surface area contributed by atoms with Gasteiger partial charge in [0.15, 0.2) is 0 Å². The zero-order chi connectivity index (χ0) is 13.4. The lowest BCUT2D eigenvalue weighted by molar-refractivity contribution is 0.0938. The smallest absolute Gasteiger partial charge is 0.270 e. The normalized spacial score (nSPS) is 10.4. The second-order valence-electron chi connectivity index (χ2n) is 4.19. The summed E-state index contributed by atoms with van der Waals surface area (Å²) < 4.78 is 4.95. The van der Waals surface area contributed by atoms with Crippen LogP contribution < -0.4 is 10.6 Å². The third-order valence-electron chi connectivity index (χ3n) is 2.15. The molecule has 0 aliphatic rings. The monoisotopic (exact) mass is 252 g/mol. The Bertz CT molecular complexity index is 382. The molecular formula is C12H20N4O2. The van der Waals surface area contributed by atoms with E-state index in [1.54, 1.807) is 13.2 Å². The predicted octanol–water partition coefficient (Wildman–Crippen LogP) is 1.06. The topological polar surface area (TPSA) is 76.1 Å². The Morgan fingerprint density at radius 1 is 1.44 bits per heavy atom. The average molecular weight is 252 g/mol. The van der Waals surface area contributed by atoms with Crippen LogP contribution in [0.25, 0.3) is 0 Å². The molecule has 0 spiro atoms. The van der Waals surface area contributed by atoms with Gasteiger partial charge in [0.05, 0.1) is 0 Å². The fourth-order valence-electron chi connectivity index (χ4n) is 1.35. The minimum Gasteiger partial charge on any atom is -0.385 e. The maximum atomic E-state index is 11.7. The first-order valence-corrected chi connectivity index (χ1v) is 5.99. The first-order valence-electron chi connectivity index (χ1n) is 5.99. The number of nitrogens with one attached hydrogen (secondary N) is 2. The molecule has 0 unspecified atom stereocenters. The summed E-state index contributed by atoms with van der Waals surface area (Å²) in [6.07, 6.45) is 2.27. The summed E-state index contributed by atoms with van der Waals surface area (Å²) in [7, 11) is 1.67. The highest BCUT2D eigenvalue weighted by Crippen LogP contribution is 2.04. The maximum Gasteiger partial charge on any atom is 0.270 e. The zero-order valence-electron chi connectivity index (χ0n) is 11.1. The van der Waals surface area contributed by atoms with Crippen LogP contribution in [0.3, 0.4) is 0 Å². The van der Waals surface area contributed by atoms with Crippen molar-refractivity contribution in [2.75, 3.05) is 25.6 Å². The van der Waals surface area contributed by atoms with Crippen LogP contribution in [0.2, 0.25) is 0 Å². The minimum atomic E-state index is -0.188. The number of methoxy groups -OCH3 is 1. The maximum absolute atomic E-state index is 11.7. The highest BCUT2D eigenvalue weighted by Gasteiger charge is 2.09. The summed E-state index contributed by atoms with van der Waals surface area (Å²) in [5.41, 5.74) is 0.368. The van der Waals surface area contributed by atoms with Crippen LogP contribution in [0.15, 0.2) is 12.4 Å². The highest BCUT2D eigenvalue weighted by atomic mass is 16.5. The molecule has 1 aromatic rings. The second kappa shape index (κ2) is 7.60. The van der Waals surface area contributed by atoms with Crippen LogP contribution in [-0.4, -0.2) is 42.2 Å². The Labute approximate surface area is 107 Å². The van der Waals surface area contributed by atoms with E-state index in [2.05, 4.69) is 20.6 Å². The number of carbonyl (C=O) groups excluding carboxylic acids is 1. The lowest BCUT2D eigenvalue weighted by Crippen LogP contribution is -2.30. The lowest BCUT2D eigenvalue weighted by atomic mass is 10.3. The van der Waals surface area contributed by atoms with Crippen molar-refractivity contribution in [3.05, 3.63) is 18.1 Å². The van der Waals surface area contributed by atoms with Gasteiger partial charge in [0, 0.05) is 32.4 Å². The Morgan fingerprint density at radius 2 is 2.22 bits per heavy atom. The molecule has 0 fully saturated rings. The van der Waals surface area contributed by atoms with Gasteiger partial charge >= 0.3 is 0 Å². The van der Waals surface area contributed by atoms with E-state index >= 15 is 0 Å². The van der Waals surface area contributed by atoms with E-state index in [0.717, 1.165) is 13.0 Å². The SMILES string of the molecule is COCCCNc1cc(C(=O)NC(C)C)ncn1. The van der Waals surface area contributed by atoms with Crippen molar-refractivity contribution < 1.29 is 9.53 Å². The molecule has 0 radical (unpaired) electrons. The molecule has 0 aliphatic carbocycles. The van der Waals surface area contributed by atoms with Gasteiger partial charge < -0.3 is 15.4 Å². The molecular weight excluding hydrogens is 232 g/mol. The van der Waals surface area contributed by atoms with Crippen molar-refractivity contribution in [3.8, 4) is 0 Å². The zero-order valence-corrected chi connectivity index (χ0v) is 11.1. The molecule has 2 N–H and O–H groups in total.